The monoisotopic (exact) mass is 496 g/mol. The van der Waals surface area contributed by atoms with Crippen molar-refractivity contribution in [1.82, 2.24) is 0 Å². The van der Waals surface area contributed by atoms with E-state index in [-0.39, 0.29) is 13.2 Å². The lowest BCUT2D eigenvalue weighted by molar-refractivity contribution is -0.150. The van der Waals surface area contributed by atoms with Crippen molar-refractivity contribution in [3.05, 3.63) is 0 Å². The predicted octanol–water partition coefficient (Wildman–Crippen LogP) is 5.48. The lowest BCUT2D eigenvalue weighted by Gasteiger charge is -2.13. The van der Waals surface area contributed by atoms with Gasteiger partial charge in [-0.05, 0) is 26.7 Å². The van der Waals surface area contributed by atoms with Crippen LogP contribution in [0.5, 0.6) is 0 Å². The maximum absolute atomic E-state index is 12.0. The highest BCUT2D eigenvalue weighted by Crippen LogP contribution is 2.11. The van der Waals surface area contributed by atoms with Gasteiger partial charge in [0.15, 0.2) is 5.25 Å². The van der Waals surface area contributed by atoms with Crippen LogP contribution in [0.1, 0.15) is 111 Å². The molecule has 0 aliphatic carbocycles. The summed E-state index contributed by atoms with van der Waals surface area (Å²) < 4.78 is 46.9. The number of unbranched alkanes of at least 4 members (excludes halogenated alkanes) is 10. The number of esters is 2. The summed E-state index contributed by atoms with van der Waals surface area (Å²) in [5.41, 5.74) is 0. The molecule has 1 unspecified atom stereocenters. The first-order valence-corrected chi connectivity index (χ1v) is 14.1. The van der Waals surface area contributed by atoms with Crippen molar-refractivity contribution in [2.45, 2.75) is 116 Å². The Kier molecular flexibility index (Phi) is 24.7. The Bertz CT molecular complexity index is 561. The fourth-order valence-electron chi connectivity index (χ4n) is 2.94. The van der Waals surface area contributed by atoms with Gasteiger partial charge in [-0.25, -0.2) is 0 Å². The summed E-state index contributed by atoms with van der Waals surface area (Å²) in [5, 5.41) is -1.93. The molecule has 0 saturated heterocycles. The van der Waals surface area contributed by atoms with Crippen LogP contribution in [0, 0.1) is 0 Å². The van der Waals surface area contributed by atoms with Crippen molar-refractivity contribution < 1.29 is 36.8 Å². The van der Waals surface area contributed by atoms with E-state index in [1.54, 1.807) is 0 Å². The standard InChI is InChI=1S/C20H38O7S.C4H10O/c1-3-5-7-9-11-13-15-26-19(21)17-18(28(23,24)25)20(22)27-16-14-12-10-8-6-4-2;1-3-5-4-2/h18H,3-17H2,1-2H3,(H,23,24,25);3-4H2,1-2H3. The fourth-order valence-corrected chi connectivity index (χ4v) is 3.60. The van der Waals surface area contributed by atoms with E-state index in [9.17, 15) is 22.6 Å². The maximum atomic E-state index is 12.0. The van der Waals surface area contributed by atoms with Gasteiger partial charge in [-0.1, -0.05) is 78.1 Å². The van der Waals surface area contributed by atoms with Crippen LogP contribution in [0.4, 0.5) is 0 Å². The van der Waals surface area contributed by atoms with Gasteiger partial charge < -0.3 is 14.2 Å². The molecule has 0 aromatic carbocycles. The topological polar surface area (TPSA) is 116 Å². The molecule has 0 aromatic heterocycles. The van der Waals surface area contributed by atoms with Crippen LogP contribution in [0.3, 0.4) is 0 Å². The SMILES string of the molecule is CCCCCCCCOC(=O)CC(C(=O)OCCCCCCCC)S(=O)(=O)O.CCOCC. The highest BCUT2D eigenvalue weighted by molar-refractivity contribution is 7.87. The summed E-state index contributed by atoms with van der Waals surface area (Å²) in [6, 6.07) is 0. The minimum absolute atomic E-state index is 0.0732. The van der Waals surface area contributed by atoms with E-state index in [1.165, 1.54) is 6.42 Å². The van der Waals surface area contributed by atoms with Gasteiger partial charge in [-0.15, -0.1) is 0 Å². The lowest BCUT2D eigenvalue weighted by atomic mass is 10.1. The molecule has 0 amide bonds. The van der Waals surface area contributed by atoms with Gasteiger partial charge in [0, 0.05) is 13.2 Å². The largest absolute Gasteiger partial charge is 0.466 e. The van der Waals surface area contributed by atoms with Crippen LogP contribution >= 0.6 is 0 Å². The molecule has 1 N–H and O–H groups in total. The molecule has 0 aromatic rings. The zero-order valence-corrected chi connectivity index (χ0v) is 22.1. The summed E-state index contributed by atoms with van der Waals surface area (Å²) in [4.78, 5) is 23.8. The second-order valence-corrected chi connectivity index (χ2v) is 9.51. The van der Waals surface area contributed by atoms with Crippen molar-refractivity contribution in [2.75, 3.05) is 26.4 Å². The van der Waals surface area contributed by atoms with E-state index in [0.29, 0.717) is 12.8 Å². The van der Waals surface area contributed by atoms with Gasteiger partial charge in [0.2, 0.25) is 0 Å². The average Bonchev–Trinajstić information content (AvgIpc) is 2.76. The Hall–Kier alpha value is -1.19. The van der Waals surface area contributed by atoms with Gasteiger partial charge in [0.25, 0.3) is 10.1 Å². The molecule has 1 atom stereocenters. The van der Waals surface area contributed by atoms with Gasteiger partial charge in [-0.3, -0.25) is 14.1 Å². The van der Waals surface area contributed by atoms with Gasteiger partial charge in [0.1, 0.15) is 0 Å². The third-order valence-corrected chi connectivity index (χ3v) is 5.96. The third kappa shape index (κ3) is 23.8. The molecule has 0 bridgehead atoms. The molecule has 0 saturated carbocycles. The first kappa shape index (κ1) is 34.0. The van der Waals surface area contributed by atoms with Crippen LogP contribution in [-0.2, 0) is 33.9 Å². The summed E-state index contributed by atoms with van der Waals surface area (Å²) >= 11 is 0. The quantitative estimate of drug-likeness (QED) is 0.134. The van der Waals surface area contributed by atoms with Crippen LogP contribution in [0.2, 0.25) is 0 Å². The lowest BCUT2D eigenvalue weighted by Crippen LogP contribution is -2.34. The number of hydrogen-bond donors (Lipinski definition) is 1. The molecule has 33 heavy (non-hydrogen) atoms. The van der Waals surface area contributed by atoms with Crippen molar-refractivity contribution in [1.29, 1.82) is 0 Å². The summed E-state index contributed by atoms with van der Waals surface area (Å²) in [7, 11) is -4.73. The number of carbonyl (C=O) groups is 2. The molecular formula is C24H48O8S. The Morgan fingerprint density at radius 3 is 1.52 bits per heavy atom. The van der Waals surface area contributed by atoms with Crippen LogP contribution in [-0.4, -0.2) is 56.6 Å². The van der Waals surface area contributed by atoms with Crippen molar-refractivity contribution in [3.63, 3.8) is 0 Å². The number of rotatable bonds is 20. The molecule has 0 spiro atoms. The predicted molar refractivity (Wildman–Crippen MR) is 131 cm³/mol. The van der Waals surface area contributed by atoms with E-state index in [4.69, 9.17) is 14.2 Å². The number of ether oxygens (including phenoxy) is 3. The molecular weight excluding hydrogens is 448 g/mol. The second-order valence-electron chi connectivity index (χ2n) is 7.91. The fraction of sp³-hybridized carbons (Fsp3) is 0.917. The Morgan fingerprint density at radius 2 is 1.12 bits per heavy atom. The van der Waals surface area contributed by atoms with Crippen LogP contribution < -0.4 is 0 Å². The normalized spacial score (nSPS) is 11.9. The number of carbonyl (C=O) groups excluding carboxylic acids is 2. The minimum Gasteiger partial charge on any atom is -0.466 e. The molecule has 198 valence electrons. The van der Waals surface area contributed by atoms with E-state index < -0.39 is 33.7 Å². The first-order chi connectivity index (χ1) is 15.7. The van der Waals surface area contributed by atoms with Crippen molar-refractivity contribution in [2.24, 2.45) is 0 Å². The van der Waals surface area contributed by atoms with Gasteiger partial charge in [-0.2, -0.15) is 8.42 Å². The van der Waals surface area contributed by atoms with Crippen molar-refractivity contribution in [3.8, 4) is 0 Å². The summed E-state index contributed by atoms with van der Waals surface area (Å²) in [5.74, 6) is -1.93. The molecule has 0 aliphatic heterocycles. The Labute approximate surface area is 201 Å². The van der Waals surface area contributed by atoms with Crippen LogP contribution in [0.25, 0.3) is 0 Å². The molecule has 0 heterocycles. The summed E-state index contributed by atoms with van der Waals surface area (Å²) in [6.45, 7) is 10.2. The smallest absolute Gasteiger partial charge is 0.327 e. The average molecular weight is 497 g/mol. The maximum Gasteiger partial charge on any atom is 0.327 e. The zero-order chi connectivity index (χ0) is 25.4. The molecule has 0 rings (SSSR count). The van der Waals surface area contributed by atoms with E-state index in [0.717, 1.165) is 71.0 Å². The number of hydrogen-bond acceptors (Lipinski definition) is 7. The molecule has 9 heteroatoms. The Morgan fingerprint density at radius 1 is 0.697 bits per heavy atom. The molecule has 0 radical (unpaired) electrons. The third-order valence-electron chi connectivity index (χ3n) is 4.89. The second kappa shape index (κ2) is 24.0. The first-order valence-electron chi connectivity index (χ1n) is 12.6. The van der Waals surface area contributed by atoms with Crippen LogP contribution in [0.15, 0.2) is 0 Å². The minimum atomic E-state index is -4.73. The summed E-state index contributed by atoms with van der Waals surface area (Å²) in [6.07, 6.45) is 11.3. The molecule has 0 fully saturated rings. The highest BCUT2D eigenvalue weighted by atomic mass is 32.2. The van der Waals surface area contributed by atoms with E-state index in [1.807, 2.05) is 13.8 Å². The van der Waals surface area contributed by atoms with E-state index in [2.05, 4.69) is 13.8 Å². The van der Waals surface area contributed by atoms with E-state index >= 15 is 0 Å². The van der Waals surface area contributed by atoms with Crippen molar-refractivity contribution >= 4 is 22.1 Å². The highest BCUT2D eigenvalue weighted by Gasteiger charge is 2.35. The van der Waals surface area contributed by atoms with Gasteiger partial charge in [0.05, 0.1) is 19.6 Å². The molecule has 0 aliphatic rings. The molecule has 8 nitrogen and oxygen atoms in total. The zero-order valence-electron chi connectivity index (χ0n) is 21.3. The Balaban J connectivity index is 0. The van der Waals surface area contributed by atoms with Gasteiger partial charge >= 0.3 is 11.9 Å².